The van der Waals surface area contributed by atoms with Gasteiger partial charge < -0.3 is 15.4 Å². The molecule has 2 N–H and O–H groups in total. The maximum absolute atomic E-state index is 5.18. The monoisotopic (exact) mass is 348 g/mol. The molecule has 26 heavy (non-hydrogen) atoms. The zero-order valence-electron chi connectivity index (χ0n) is 15.2. The van der Waals surface area contributed by atoms with E-state index >= 15 is 0 Å². The van der Waals surface area contributed by atoms with E-state index in [1.807, 2.05) is 43.3 Å². The summed E-state index contributed by atoms with van der Waals surface area (Å²) in [4.78, 5) is 8.92. The number of hydrogen-bond acceptors (Lipinski definition) is 5. The molecule has 1 aromatic heterocycles. The number of anilines is 3. The molecule has 0 amide bonds. The SMILES string of the molecule is COc1ccc(Nc2cc(NCCCc3ccccc3)nc(C)n2)cc1. The average Bonchev–Trinajstić information content (AvgIpc) is 2.66. The van der Waals surface area contributed by atoms with Crippen LogP contribution in [0.4, 0.5) is 17.3 Å². The van der Waals surface area contributed by atoms with Crippen LogP contribution in [-0.4, -0.2) is 23.6 Å². The number of nitrogens with zero attached hydrogens (tertiary/aromatic N) is 2. The van der Waals surface area contributed by atoms with Crippen molar-refractivity contribution in [2.45, 2.75) is 19.8 Å². The first-order chi connectivity index (χ1) is 12.7. The topological polar surface area (TPSA) is 59.1 Å². The van der Waals surface area contributed by atoms with Crippen LogP contribution in [0.2, 0.25) is 0 Å². The van der Waals surface area contributed by atoms with Gasteiger partial charge in [-0.1, -0.05) is 30.3 Å². The summed E-state index contributed by atoms with van der Waals surface area (Å²) in [6.07, 6.45) is 2.10. The maximum atomic E-state index is 5.18. The number of aromatic nitrogens is 2. The Kier molecular flexibility index (Phi) is 6.04. The number of rotatable bonds is 8. The fraction of sp³-hybridized carbons (Fsp3) is 0.238. The third-order valence-corrected chi connectivity index (χ3v) is 3.99. The fourth-order valence-electron chi connectivity index (χ4n) is 2.70. The van der Waals surface area contributed by atoms with Gasteiger partial charge in [0, 0.05) is 18.3 Å². The van der Waals surface area contributed by atoms with Crippen LogP contribution in [0.5, 0.6) is 5.75 Å². The normalized spacial score (nSPS) is 10.4. The van der Waals surface area contributed by atoms with Crippen molar-refractivity contribution >= 4 is 17.3 Å². The molecule has 3 aromatic rings. The summed E-state index contributed by atoms with van der Waals surface area (Å²) in [5.74, 6) is 3.17. The molecule has 0 saturated carbocycles. The lowest BCUT2D eigenvalue weighted by Gasteiger charge is -2.11. The lowest BCUT2D eigenvalue weighted by molar-refractivity contribution is 0.415. The highest BCUT2D eigenvalue weighted by atomic mass is 16.5. The Morgan fingerprint density at radius 1 is 0.923 bits per heavy atom. The van der Waals surface area contributed by atoms with Crippen LogP contribution < -0.4 is 15.4 Å². The van der Waals surface area contributed by atoms with E-state index in [4.69, 9.17) is 4.74 Å². The molecule has 1 heterocycles. The molecule has 0 spiro atoms. The summed E-state index contributed by atoms with van der Waals surface area (Å²) in [5, 5.41) is 6.70. The molecule has 5 heteroatoms. The molecule has 0 aliphatic carbocycles. The van der Waals surface area contributed by atoms with Crippen molar-refractivity contribution in [3.8, 4) is 5.75 Å². The number of aryl methyl sites for hydroxylation is 2. The summed E-state index contributed by atoms with van der Waals surface area (Å²) >= 11 is 0. The predicted octanol–water partition coefficient (Wildman–Crippen LogP) is 4.58. The van der Waals surface area contributed by atoms with Gasteiger partial charge >= 0.3 is 0 Å². The van der Waals surface area contributed by atoms with Gasteiger partial charge in [-0.2, -0.15) is 0 Å². The minimum Gasteiger partial charge on any atom is -0.497 e. The zero-order valence-corrected chi connectivity index (χ0v) is 15.2. The van der Waals surface area contributed by atoms with Crippen LogP contribution in [0.25, 0.3) is 0 Å². The van der Waals surface area contributed by atoms with Crippen molar-refractivity contribution in [3.05, 3.63) is 72.1 Å². The Labute approximate surface area is 154 Å². The van der Waals surface area contributed by atoms with Crippen LogP contribution in [0.1, 0.15) is 17.8 Å². The highest BCUT2D eigenvalue weighted by Gasteiger charge is 2.03. The molecule has 0 atom stereocenters. The van der Waals surface area contributed by atoms with Crippen LogP contribution >= 0.6 is 0 Å². The summed E-state index contributed by atoms with van der Waals surface area (Å²) in [5.41, 5.74) is 2.31. The van der Waals surface area contributed by atoms with Crippen molar-refractivity contribution in [3.63, 3.8) is 0 Å². The highest BCUT2D eigenvalue weighted by Crippen LogP contribution is 2.20. The maximum Gasteiger partial charge on any atom is 0.136 e. The van der Waals surface area contributed by atoms with E-state index in [0.29, 0.717) is 0 Å². The molecule has 0 saturated heterocycles. The first kappa shape index (κ1) is 17.7. The van der Waals surface area contributed by atoms with E-state index in [-0.39, 0.29) is 0 Å². The molecular formula is C21H24N4O. The summed E-state index contributed by atoms with van der Waals surface area (Å²) < 4.78 is 5.18. The molecule has 3 rings (SSSR count). The number of hydrogen-bond donors (Lipinski definition) is 2. The third kappa shape index (κ3) is 5.21. The Balaban J connectivity index is 1.56. The Bertz CT molecular complexity index is 819. The molecule has 0 unspecified atom stereocenters. The van der Waals surface area contributed by atoms with E-state index in [2.05, 4.69) is 44.9 Å². The number of ether oxygens (including phenoxy) is 1. The lowest BCUT2D eigenvalue weighted by atomic mass is 10.1. The summed E-state index contributed by atoms with van der Waals surface area (Å²) in [6.45, 7) is 2.77. The van der Waals surface area contributed by atoms with Crippen LogP contribution in [-0.2, 0) is 6.42 Å². The fourth-order valence-corrected chi connectivity index (χ4v) is 2.70. The van der Waals surface area contributed by atoms with Gasteiger partial charge in [-0.3, -0.25) is 0 Å². The average molecular weight is 348 g/mol. The molecular weight excluding hydrogens is 324 g/mol. The van der Waals surface area contributed by atoms with Gasteiger partial charge in [0.25, 0.3) is 0 Å². The van der Waals surface area contributed by atoms with E-state index in [1.54, 1.807) is 7.11 Å². The smallest absolute Gasteiger partial charge is 0.136 e. The molecule has 0 aliphatic heterocycles. The van der Waals surface area contributed by atoms with Gasteiger partial charge in [0.05, 0.1) is 7.11 Å². The zero-order chi connectivity index (χ0) is 18.2. The predicted molar refractivity (Wildman–Crippen MR) is 106 cm³/mol. The third-order valence-electron chi connectivity index (χ3n) is 3.99. The molecule has 0 bridgehead atoms. The van der Waals surface area contributed by atoms with Gasteiger partial charge in [-0.15, -0.1) is 0 Å². The van der Waals surface area contributed by atoms with E-state index in [9.17, 15) is 0 Å². The van der Waals surface area contributed by atoms with Crippen molar-refractivity contribution in [1.82, 2.24) is 9.97 Å². The van der Waals surface area contributed by atoms with Gasteiger partial charge in [-0.05, 0) is 49.6 Å². The Hall–Kier alpha value is -3.08. The minimum atomic E-state index is 0.731. The number of methoxy groups -OCH3 is 1. The van der Waals surface area contributed by atoms with Gasteiger partial charge in [0.15, 0.2) is 0 Å². The molecule has 2 aromatic carbocycles. The number of nitrogens with one attached hydrogen (secondary N) is 2. The van der Waals surface area contributed by atoms with E-state index < -0.39 is 0 Å². The molecule has 0 radical (unpaired) electrons. The highest BCUT2D eigenvalue weighted by molar-refractivity contribution is 5.60. The van der Waals surface area contributed by atoms with Crippen molar-refractivity contribution in [2.24, 2.45) is 0 Å². The van der Waals surface area contributed by atoms with Crippen LogP contribution in [0.3, 0.4) is 0 Å². The Morgan fingerprint density at radius 3 is 2.38 bits per heavy atom. The second-order valence-corrected chi connectivity index (χ2v) is 6.06. The van der Waals surface area contributed by atoms with Crippen molar-refractivity contribution in [1.29, 1.82) is 0 Å². The van der Waals surface area contributed by atoms with Crippen LogP contribution in [0.15, 0.2) is 60.7 Å². The quantitative estimate of drug-likeness (QED) is 0.584. The molecule has 5 nitrogen and oxygen atoms in total. The van der Waals surface area contributed by atoms with E-state index in [1.165, 1.54) is 5.56 Å². The summed E-state index contributed by atoms with van der Waals surface area (Å²) in [7, 11) is 1.66. The minimum absolute atomic E-state index is 0.731. The summed E-state index contributed by atoms with van der Waals surface area (Å²) in [6, 6.07) is 20.2. The van der Waals surface area contributed by atoms with Gasteiger partial charge in [0.1, 0.15) is 23.2 Å². The Morgan fingerprint density at radius 2 is 1.65 bits per heavy atom. The first-order valence-corrected chi connectivity index (χ1v) is 8.77. The standard InChI is InChI=1S/C21H24N4O/c1-16-23-20(22-14-6-9-17-7-4-3-5-8-17)15-21(24-16)25-18-10-12-19(26-2)13-11-18/h3-5,7-8,10-13,15H,6,9,14H2,1-2H3,(H2,22,23,24,25). The molecule has 0 fully saturated rings. The van der Waals surface area contributed by atoms with Crippen LogP contribution in [0, 0.1) is 6.92 Å². The van der Waals surface area contributed by atoms with Gasteiger partial charge in [0.2, 0.25) is 0 Å². The largest absolute Gasteiger partial charge is 0.497 e. The van der Waals surface area contributed by atoms with Gasteiger partial charge in [-0.25, -0.2) is 9.97 Å². The number of benzene rings is 2. The molecule has 0 aliphatic rings. The van der Waals surface area contributed by atoms with Crippen molar-refractivity contribution in [2.75, 3.05) is 24.3 Å². The second kappa shape index (κ2) is 8.85. The first-order valence-electron chi connectivity index (χ1n) is 8.77. The van der Waals surface area contributed by atoms with Crippen molar-refractivity contribution < 1.29 is 4.74 Å². The lowest BCUT2D eigenvalue weighted by Crippen LogP contribution is -2.07. The second-order valence-electron chi connectivity index (χ2n) is 6.06. The van der Waals surface area contributed by atoms with E-state index in [0.717, 1.165) is 48.3 Å². The molecule has 134 valence electrons.